The van der Waals surface area contributed by atoms with Gasteiger partial charge in [-0.25, -0.2) is 8.42 Å². The number of aliphatic hydroxyl groups is 1. The molecule has 0 spiro atoms. The van der Waals surface area contributed by atoms with Crippen LogP contribution in [-0.4, -0.2) is 38.1 Å². The van der Waals surface area contributed by atoms with Crippen LogP contribution in [0.2, 0.25) is 0 Å². The average molecular weight is 637 g/mol. The van der Waals surface area contributed by atoms with Crippen LogP contribution < -0.4 is 4.72 Å². The minimum atomic E-state index is -3.71. The Morgan fingerprint density at radius 1 is 0.804 bits per heavy atom. The van der Waals surface area contributed by atoms with Crippen LogP contribution in [0.5, 0.6) is 0 Å². The molecule has 7 nitrogen and oxygen atoms in total. The molecule has 238 valence electrons. The highest BCUT2D eigenvalue weighted by Gasteiger charge is 2.39. The molecule has 0 saturated carbocycles. The van der Waals surface area contributed by atoms with Gasteiger partial charge in [0.2, 0.25) is 0 Å². The van der Waals surface area contributed by atoms with E-state index in [1.54, 1.807) is 42.5 Å². The van der Waals surface area contributed by atoms with Gasteiger partial charge in [0.1, 0.15) is 0 Å². The first-order valence-corrected chi connectivity index (χ1v) is 17.1. The Morgan fingerprint density at radius 3 is 2.15 bits per heavy atom. The van der Waals surface area contributed by atoms with Gasteiger partial charge in [-0.3, -0.25) is 9.62 Å². The van der Waals surface area contributed by atoms with E-state index in [0.717, 1.165) is 16.7 Å². The topological polar surface area (TPSA) is 88.1 Å². The number of benzene rings is 5. The maximum Gasteiger partial charge on any atom is 0.261 e. The summed E-state index contributed by atoms with van der Waals surface area (Å²) in [5.74, 6) is 0.0273. The van der Waals surface area contributed by atoms with Gasteiger partial charge >= 0.3 is 0 Å². The summed E-state index contributed by atoms with van der Waals surface area (Å²) in [6, 6.07) is 38.5. The number of likely N-dealkylation sites (N-methyl/N-ethyl adjacent to an activating group) is 1. The van der Waals surface area contributed by atoms with E-state index in [4.69, 9.17) is 9.47 Å². The Balaban J connectivity index is 1.23. The first-order chi connectivity index (χ1) is 22.2. The van der Waals surface area contributed by atoms with E-state index in [2.05, 4.69) is 73.0 Å². The van der Waals surface area contributed by atoms with E-state index >= 15 is 0 Å². The minimum absolute atomic E-state index is 0.0203. The molecule has 6 rings (SSSR count). The molecule has 5 aromatic rings. The van der Waals surface area contributed by atoms with Crippen molar-refractivity contribution in [3.63, 3.8) is 0 Å². The Hall–Kier alpha value is -4.05. The molecule has 2 N–H and O–H groups in total. The lowest BCUT2D eigenvalue weighted by atomic mass is 9.89. The number of sulfonamides is 1. The summed E-state index contributed by atoms with van der Waals surface area (Å²) in [5, 5.41) is 12.0. The van der Waals surface area contributed by atoms with Crippen molar-refractivity contribution in [3.05, 3.63) is 144 Å². The maximum absolute atomic E-state index is 12.9. The standard InChI is InChI=1S/C38H40N2O5S/c1-26-36(24-40(3)27(2)32-18-17-29-9-7-8-10-33(29)23-32)44-38(45-37(26)30-15-13-28(25-41)14-16-30)31-19-21-34(22-20-31)39-46(42,43)35-11-5-4-6-12-35/h4-23,26-27,36-39,41H,24-25H2,1-3H3. The molecule has 0 aliphatic carbocycles. The van der Waals surface area contributed by atoms with Crippen molar-refractivity contribution < 1.29 is 23.0 Å². The quantitative estimate of drug-likeness (QED) is 0.164. The zero-order valence-electron chi connectivity index (χ0n) is 26.3. The molecule has 1 aliphatic rings. The SMILES string of the molecule is CC1C(CN(C)C(C)c2ccc3ccccc3c2)OC(c2ccc(NS(=O)(=O)c3ccccc3)cc2)OC1c1ccc(CO)cc1. The number of rotatable bonds is 10. The molecule has 0 bridgehead atoms. The number of fused-ring (bicyclic) bond motifs is 1. The third-order valence-corrected chi connectivity index (χ3v) is 10.4. The highest BCUT2D eigenvalue weighted by molar-refractivity contribution is 7.92. The van der Waals surface area contributed by atoms with Crippen molar-refractivity contribution >= 4 is 26.5 Å². The first kappa shape index (κ1) is 31.9. The van der Waals surface area contributed by atoms with Crippen molar-refractivity contribution in [3.8, 4) is 0 Å². The fraction of sp³-hybridized carbons (Fsp3) is 0.263. The lowest BCUT2D eigenvalue weighted by Crippen LogP contribution is -2.44. The molecule has 0 amide bonds. The zero-order chi connectivity index (χ0) is 32.3. The molecule has 0 aromatic heterocycles. The fourth-order valence-electron chi connectivity index (χ4n) is 6.01. The molecule has 5 atom stereocenters. The Labute approximate surface area is 271 Å². The number of hydrogen-bond acceptors (Lipinski definition) is 6. The number of anilines is 1. The van der Waals surface area contributed by atoms with Crippen LogP contribution >= 0.6 is 0 Å². The molecule has 46 heavy (non-hydrogen) atoms. The van der Waals surface area contributed by atoms with E-state index in [-0.39, 0.29) is 35.7 Å². The number of ether oxygens (including phenoxy) is 2. The van der Waals surface area contributed by atoms with E-state index in [9.17, 15) is 13.5 Å². The molecule has 1 saturated heterocycles. The molecule has 0 radical (unpaired) electrons. The Kier molecular flexibility index (Phi) is 9.54. The highest BCUT2D eigenvalue weighted by Crippen LogP contribution is 2.42. The van der Waals surface area contributed by atoms with E-state index in [1.165, 1.54) is 16.3 Å². The van der Waals surface area contributed by atoms with Gasteiger partial charge in [-0.2, -0.15) is 0 Å². The van der Waals surface area contributed by atoms with Gasteiger partial charge in [0.25, 0.3) is 10.0 Å². The summed E-state index contributed by atoms with van der Waals surface area (Å²) in [6.45, 7) is 5.02. The lowest BCUT2D eigenvalue weighted by molar-refractivity contribution is -0.276. The summed E-state index contributed by atoms with van der Waals surface area (Å²) in [6.07, 6.45) is -1.07. The highest BCUT2D eigenvalue weighted by atomic mass is 32.2. The van der Waals surface area contributed by atoms with Gasteiger partial charge in [-0.15, -0.1) is 0 Å². The van der Waals surface area contributed by atoms with Gasteiger partial charge < -0.3 is 14.6 Å². The predicted molar refractivity (Wildman–Crippen MR) is 182 cm³/mol. The molecule has 1 heterocycles. The maximum atomic E-state index is 12.9. The molecular weight excluding hydrogens is 596 g/mol. The molecular formula is C38H40N2O5S. The second-order valence-corrected chi connectivity index (χ2v) is 13.8. The van der Waals surface area contributed by atoms with Crippen LogP contribution in [0.1, 0.15) is 54.5 Å². The number of aliphatic hydroxyl groups excluding tert-OH is 1. The molecule has 1 fully saturated rings. The third-order valence-electron chi connectivity index (χ3n) is 9.00. The van der Waals surface area contributed by atoms with Gasteiger partial charge in [0, 0.05) is 29.8 Å². The largest absolute Gasteiger partial charge is 0.392 e. The molecule has 1 aliphatic heterocycles. The van der Waals surface area contributed by atoms with Gasteiger partial charge in [-0.1, -0.05) is 97.9 Å². The van der Waals surface area contributed by atoms with E-state index < -0.39 is 16.3 Å². The van der Waals surface area contributed by atoms with Gasteiger partial charge in [0.15, 0.2) is 6.29 Å². The van der Waals surface area contributed by atoms with Crippen LogP contribution in [-0.2, 0) is 26.1 Å². The van der Waals surface area contributed by atoms with Crippen molar-refractivity contribution in [2.45, 2.75) is 49.9 Å². The third kappa shape index (κ3) is 7.02. The van der Waals surface area contributed by atoms with Crippen molar-refractivity contribution in [1.82, 2.24) is 4.90 Å². The van der Waals surface area contributed by atoms with Gasteiger partial charge in [-0.05, 0) is 71.8 Å². The monoisotopic (exact) mass is 636 g/mol. The number of nitrogens with zero attached hydrogens (tertiary/aromatic N) is 1. The van der Waals surface area contributed by atoms with Crippen LogP contribution in [0.3, 0.4) is 0 Å². The second kappa shape index (κ2) is 13.7. The zero-order valence-corrected chi connectivity index (χ0v) is 27.1. The molecule has 5 unspecified atom stereocenters. The van der Waals surface area contributed by atoms with Crippen molar-refractivity contribution in [2.24, 2.45) is 5.92 Å². The van der Waals surface area contributed by atoms with E-state index in [0.29, 0.717) is 12.2 Å². The second-order valence-electron chi connectivity index (χ2n) is 12.1. The van der Waals surface area contributed by atoms with Crippen LogP contribution in [0.15, 0.2) is 126 Å². The predicted octanol–water partition coefficient (Wildman–Crippen LogP) is 7.62. The number of hydrogen-bond donors (Lipinski definition) is 2. The van der Waals surface area contributed by atoms with E-state index in [1.807, 2.05) is 36.4 Å². The normalized spacial score (nSPS) is 20.9. The Morgan fingerprint density at radius 2 is 1.46 bits per heavy atom. The smallest absolute Gasteiger partial charge is 0.261 e. The molecule has 5 aromatic carbocycles. The summed E-state index contributed by atoms with van der Waals surface area (Å²) >= 11 is 0. The summed E-state index contributed by atoms with van der Waals surface area (Å²) in [4.78, 5) is 2.52. The van der Waals surface area contributed by atoms with Crippen LogP contribution in [0, 0.1) is 5.92 Å². The molecule has 8 heteroatoms. The summed E-state index contributed by atoms with van der Waals surface area (Å²) < 4.78 is 41.7. The minimum Gasteiger partial charge on any atom is -0.392 e. The van der Waals surface area contributed by atoms with Gasteiger partial charge in [0.05, 0.1) is 23.7 Å². The van der Waals surface area contributed by atoms with Crippen LogP contribution in [0.25, 0.3) is 10.8 Å². The summed E-state index contributed by atoms with van der Waals surface area (Å²) in [5.41, 5.74) is 4.34. The average Bonchev–Trinajstić information content (AvgIpc) is 3.09. The fourth-order valence-corrected chi connectivity index (χ4v) is 7.09. The van der Waals surface area contributed by atoms with Crippen molar-refractivity contribution in [1.29, 1.82) is 0 Å². The van der Waals surface area contributed by atoms with Crippen molar-refractivity contribution in [2.75, 3.05) is 18.3 Å². The summed E-state index contributed by atoms with van der Waals surface area (Å²) in [7, 11) is -1.59. The number of nitrogens with one attached hydrogen (secondary N) is 1. The van der Waals surface area contributed by atoms with Crippen LogP contribution in [0.4, 0.5) is 5.69 Å². The first-order valence-electron chi connectivity index (χ1n) is 15.6. The lowest BCUT2D eigenvalue weighted by Gasteiger charge is -2.43. The Bertz CT molecular complexity index is 1860.